The molecule has 2 heteroatoms. The van der Waals surface area contributed by atoms with E-state index in [4.69, 9.17) is 0 Å². The molecule has 5 fully saturated rings. The number of rotatable bonds is 1. The van der Waals surface area contributed by atoms with Crippen LogP contribution < -0.4 is 0 Å². The predicted molar refractivity (Wildman–Crippen MR) is 85.8 cm³/mol. The zero-order valence-electron chi connectivity index (χ0n) is 14.2. The molecule has 2 atom stereocenters. The summed E-state index contributed by atoms with van der Waals surface area (Å²) in [6.45, 7) is 15.4. The van der Waals surface area contributed by atoms with Crippen molar-refractivity contribution in [2.75, 3.05) is 26.2 Å². The second kappa shape index (κ2) is 3.59. The molecule has 4 aliphatic heterocycles. The highest BCUT2D eigenvalue weighted by Gasteiger charge is 2.60. The van der Waals surface area contributed by atoms with E-state index in [-0.39, 0.29) is 0 Å². The van der Waals surface area contributed by atoms with Crippen molar-refractivity contribution in [2.24, 2.45) is 28.1 Å². The van der Waals surface area contributed by atoms with Crippen LogP contribution in [0.3, 0.4) is 0 Å². The van der Waals surface area contributed by atoms with E-state index in [9.17, 15) is 0 Å². The lowest BCUT2D eigenvalue weighted by atomic mass is 9.48. The first-order valence-electron chi connectivity index (χ1n) is 8.98. The van der Waals surface area contributed by atoms with Gasteiger partial charge >= 0.3 is 0 Å². The second-order valence-electron chi connectivity index (χ2n) is 10.2. The molecular formula is C19H30N2. The minimum absolute atomic E-state index is 0.550. The lowest BCUT2D eigenvalue weighted by molar-refractivity contribution is -0.188. The van der Waals surface area contributed by atoms with E-state index in [1.54, 1.807) is 5.57 Å². The average molecular weight is 286 g/mol. The third kappa shape index (κ3) is 1.56. The Morgan fingerprint density at radius 2 is 1.52 bits per heavy atom. The summed E-state index contributed by atoms with van der Waals surface area (Å²) in [7, 11) is 0. The third-order valence-corrected chi connectivity index (χ3v) is 7.69. The summed E-state index contributed by atoms with van der Waals surface area (Å²) in [6.07, 6.45) is 7.53. The van der Waals surface area contributed by atoms with Crippen LogP contribution in [0.15, 0.2) is 11.6 Å². The molecule has 0 spiro atoms. The van der Waals surface area contributed by atoms with Crippen molar-refractivity contribution in [3.05, 3.63) is 11.6 Å². The van der Waals surface area contributed by atoms with Crippen molar-refractivity contribution in [3.8, 4) is 0 Å². The summed E-state index contributed by atoms with van der Waals surface area (Å²) in [5.41, 5.74) is 3.46. The molecular weight excluding hydrogens is 256 g/mol. The van der Waals surface area contributed by atoms with Gasteiger partial charge in [0, 0.05) is 26.2 Å². The number of nitrogens with zero attached hydrogens (tertiary/aromatic N) is 2. The molecule has 0 aromatic carbocycles. The Hall–Kier alpha value is -0.340. The standard InChI is InChI=1S/C19H30N2/c1-17(2)13-5-6-14(15(17)7-13)16-20-9-18(3)8-19(4,11-20)12-21(16)10-18/h6,13,15-16H,5,7-12H2,1-4H3. The van der Waals surface area contributed by atoms with Crippen LogP contribution in [0.5, 0.6) is 0 Å². The summed E-state index contributed by atoms with van der Waals surface area (Å²) in [5, 5.41) is 0. The van der Waals surface area contributed by atoms with Gasteiger partial charge in [-0.05, 0) is 52.9 Å². The fourth-order valence-corrected chi connectivity index (χ4v) is 7.11. The molecule has 0 aromatic rings. The summed E-state index contributed by atoms with van der Waals surface area (Å²) < 4.78 is 0. The molecule has 4 saturated heterocycles. The molecule has 0 aromatic heterocycles. The first-order valence-corrected chi connectivity index (χ1v) is 8.98. The van der Waals surface area contributed by atoms with Gasteiger partial charge in [0.15, 0.2) is 0 Å². The SMILES string of the molecule is CC12CN3CC(C)(CN(C1)C3C1=CCC3CC1C3(C)C)C2. The molecule has 2 unspecified atom stereocenters. The van der Waals surface area contributed by atoms with Gasteiger partial charge in [0.05, 0.1) is 6.17 Å². The van der Waals surface area contributed by atoms with Gasteiger partial charge in [-0.2, -0.15) is 0 Å². The van der Waals surface area contributed by atoms with E-state index in [1.165, 1.54) is 45.4 Å². The third-order valence-electron chi connectivity index (χ3n) is 7.69. The molecule has 21 heavy (non-hydrogen) atoms. The molecule has 7 rings (SSSR count). The predicted octanol–water partition coefficient (Wildman–Crippen LogP) is 3.35. The van der Waals surface area contributed by atoms with Crippen LogP contribution in [-0.2, 0) is 0 Å². The lowest BCUT2D eigenvalue weighted by Gasteiger charge is -2.69. The Morgan fingerprint density at radius 1 is 0.952 bits per heavy atom. The maximum Gasteiger partial charge on any atom is 0.0848 e. The summed E-state index contributed by atoms with van der Waals surface area (Å²) >= 11 is 0. The number of hydrogen-bond acceptors (Lipinski definition) is 2. The van der Waals surface area contributed by atoms with Gasteiger partial charge in [-0.3, -0.25) is 9.80 Å². The molecule has 0 N–H and O–H groups in total. The van der Waals surface area contributed by atoms with Crippen LogP contribution in [-0.4, -0.2) is 42.1 Å². The smallest absolute Gasteiger partial charge is 0.0848 e. The van der Waals surface area contributed by atoms with Crippen molar-refractivity contribution in [2.45, 2.75) is 53.1 Å². The van der Waals surface area contributed by atoms with Crippen LogP contribution >= 0.6 is 0 Å². The zero-order chi connectivity index (χ0) is 14.6. The van der Waals surface area contributed by atoms with E-state index >= 15 is 0 Å². The van der Waals surface area contributed by atoms with E-state index in [0.717, 1.165) is 11.8 Å². The van der Waals surface area contributed by atoms with Gasteiger partial charge in [-0.25, -0.2) is 0 Å². The van der Waals surface area contributed by atoms with Gasteiger partial charge in [-0.15, -0.1) is 0 Å². The molecule has 0 radical (unpaired) electrons. The van der Waals surface area contributed by atoms with E-state index in [1.807, 2.05) is 0 Å². The van der Waals surface area contributed by atoms with E-state index in [0.29, 0.717) is 22.4 Å². The number of hydrogen-bond donors (Lipinski definition) is 0. The van der Waals surface area contributed by atoms with Crippen molar-refractivity contribution < 1.29 is 0 Å². The number of piperidine rings is 2. The highest BCUT2D eigenvalue weighted by molar-refractivity contribution is 5.30. The largest absolute Gasteiger partial charge is 0.283 e. The maximum atomic E-state index is 2.84. The minimum atomic E-state index is 0.550. The fraction of sp³-hybridized carbons (Fsp3) is 0.895. The Kier molecular flexibility index (Phi) is 2.25. The van der Waals surface area contributed by atoms with E-state index < -0.39 is 0 Å². The van der Waals surface area contributed by atoms with Gasteiger partial charge in [0.25, 0.3) is 0 Å². The normalized spacial score (nSPS) is 59.6. The van der Waals surface area contributed by atoms with Crippen LogP contribution in [0.4, 0.5) is 0 Å². The van der Waals surface area contributed by atoms with Gasteiger partial charge < -0.3 is 0 Å². The van der Waals surface area contributed by atoms with Crippen molar-refractivity contribution in [1.29, 1.82) is 0 Å². The first kappa shape index (κ1) is 13.1. The molecule has 1 saturated carbocycles. The Morgan fingerprint density at radius 3 is 2.00 bits per heavy atom. The summed E-state index contributed by atoms with van der Waals surface area (Å²) in [6, 6.07) is 0. The molecule has 3 aliphatic carbocycles. The first-order chi connectivity index (χ1) is 9.80. The minimum Gasteiger partial charge on any atom is -0.283 e. The molecule has 4 heterocycles. The fourth-order valence-electron chi connectivity index (χ4n) is 7.11. The topological polar surface area (TPSA) is 6.48 Å². The molecule has 0 amide bonds. The van der Waals surface area contributed by atoms with Gasteiger partial charge in [-0.1, -0.05) is 33.8 Å². The van der Waals surface area contributed by atoms with E-state index in [2.05, 4.69) is 43.6 Å². The van der Waals surface area contributed by atoms with Crippen LogP contribution in [0.2, 0.25) is 0 Å². The second-order valence-corrected chi connectivity index (χ2v) is 10.2. The monoisotopic (exact) mass is 286 g/mol. The Bertz CT molecular complexity index is 496. The van der Waals surface area contributed by atoms with Crippen LogP contribution in [0.25, 0.3) is 0 Å². The van der Waals surface area contributed by atoms with Crippen LogP contribution in [0, 0.1) is 28.1 Å². The molecule has 116 valence electrons. The maximum absolute atomic E-state index is 2.84. The van der Waals surface area contributed by atoms with Crippen LogP contribution in [0.1, 0.15) is 47.0 Å². The Labute approximate surface area is 129 Å². The Balaban J connectivity index is 1.51. The molecule has 7 aliphatic rings. The lowest BCUT2D eigenvalue weighted by Crippen LogP contribution is -2.75. The molecule has 2 nitrogen and oxygen atoms in total. The van der Waals surface area contributed by atoms with Gasteiger partial charge in [0.2, 0.25) is 0 Å². The highest BCUT2D eigenvalue weighted by atomic mass is 15.4. The number of allylic oxidation sites excluding steroid dienone is 1. The zero-order valence-corrected chi connectivity index (χ0v) is 14.2. The van der Waals surface area contributed by atoms with Crippen molar-refractivity contribution in [1.82, 2.24) is 9.80 Å². The highest BCUT2D eigenvalue weighted by Crippen LogP contribution is 2.62. The molecule has 6 bridgehead atoms. The summed E-state index contributed by atoms with van der Waals surface area (Å²) in [5.74, 6) is 1.82. The van der Waals surface area contributed by atoms with Crippen molar-refractivity contribution in [3.63, 3.8) is 0 Å². The summed E-state index contributed by atoms with van der Waals surface area (Å²) in [4.78, 5) is 5.69. The van der Waals surface area contributed by atoms with Gasteiger partial charge in [0.1, 0.15) is 0 Å². The van der Waals surface area contributed by atoms with Crippen molar-refractivity contribution >= 4 is 0 Å². The average Bonchev–Trinajstić information content (AvgIpc) is 2.34. The number of fused-ring (bicyclic) bond motifs is 2. The quantitative estimate of drug-likeness (QED) is 0.682.